The molecular weight excluding hydrogens is 314 g/mol. The minimum atomic E-state index is -0.623. The first-order chi connectivity index (χ1) is 7.69. The van der Waals surface area contributed by atoms with E-state index in [2.05, 4.69) is 5.43 Å². The van der Waals surface area contributed by atoms with E-state index in [-0.39, 0.29) is 35.9 Å². The molecule has 1 aromatic carbocycles. The third-order valence-electron chi connectivity index (χ3n) is 1.91. The Labute approximate surface area is 130 Å². The Bertz CT molecular complexity index is 395. The molecule has 0 amide bonds. The molecule has 0 aliphatic heterocycles. The monoisotopic (exact) mass is 332 g/mol. The second-order valence-electron chi connectivity index (χ2n) is 4.58. The van der Waals surface area contributed by atoms with Crippen LogP contribution in [0.3, 0.4) is 0 Å². The van der Waals surface area contributed by atoms with Crippen molar-refractivity contribution in [1.29, 1.82) is 0 Å². The maximum atomic E-state index is 12.7. The van der Waals surface area contributed by atoms with Gasteiger partial charge in [-0.15, -0.1) is 24.8 Å². The molecule has 0 bridgehead atoms. The first-order valence-corrected chi connectivity index (χ1v) is 5.49. The van der Waals surface area contributed by atoms with Crippen molar-refractivity contribution < 1.29 is 9.18 Å². The minimum Gasteiger partial charge on any atom is -0.276 e. The van der Waals surface area contributed by atoms with E-state index < -0.39 is 11.1 Å². The van der Waals surface area contributed by atoms with Crippen LogP contribution in [0.25, 0.3) is 0 Å². The second kappa shape index (κ2) is 10.4. The van der Waals surface area contributed by atoms with Gasteiger partial charge < -0.3 is 0 Å². The largest absolute Gasteiger partial charge is 0.276 e. The van der Waals surface area contributed by atoms with Gasteiger partial charge in [-0.1, -0.05) is 6.07 Å². The van der Waals surface area contributed by atoms with E-state index in [1.165, 1.54) is 25.1 Å². The Balaban J connectivity index is -0.000000282. The van der Waals surface area contributed by atoms with Gasteiger partial charge in [0.1, 0.15) is 5.82 Å². The van der Waals surface area contributed by atoms with Crippen molar-refractivity contribution in [3.8, 4) is 0 Å². The van der Waals surface area contributed by atoms with Crippen LogP contribution >= 0.6 is 36.4 Å². The summed E-state index contributed by atoms with van der Waals surface area (Å²) in [5, 5.41) is -0.623. The van der Waals surface area contributed by atoms with E-state index in [1.807, 2.05) is 20.8 Å². The minimum absolute atomic E-state index is 0. The van der Waals surface area contributed by atoms with E-state index in [0.717, 1.165) is 0 Å². The number of halogens is 4. The molecule has 0 spiro atoms. The predicted octanol–water partition coefficient (Wildman–Crippen LogP) is 3.60. The second-order valence-corrected chi connectivity index (χ2v) is 4.92. The summed E-state index contributed by atoms with van der Waals surface area (Å²) in [7, 11) is 0. The molecule has 0 heterocycles. The molecule has 7 heteroatoms. The van der Waals surface area contributed by atoms with Crippen molar-refractivity contribution in [2.75, 3.05) is 0 Å². The molecule has 0 aromatic heterocycles. The number of carbonyl (C=O) groups is 1. The summed E-state index contributed by atoms with van der Waals surface area (Å²) in [4.78, 5) is 10.6. The summed E-state index contributed by atoms with van der Waals surface area (Å²) in [6, 6.07) is 4.24. The predicted molar refractivity (Wildman–Crippen MR) is 82.9 cm³/mol. The molecule has 0 fully saturated rings. The number of rotatable bonds is 1. The van der Waals surface area contributed by atoms with Crippen molar-refractivity contribution >= 4 is 41.7 Å². The van der Waals surface area contributed by atoms with Crippen molar-refractivity contribution in [2.45, 2.75) is 33.2 Å². The summed E-state index contributed by atoms with van der Waals surface area (Å²) in [5.41, 5.74) is 3.20. The summed E-state index contributed by atoms with van der Waals surface area (Å²) < 4.78 is 12.7. The van der Waals surface area contributed by atoms with Gasteiger partial charge in [-0.25, -0.2) is 4.39 Å². The summed E-state index contributed by atoms with van der Waals surface area (Å²) in [5.74, 6) is 4.65. The molecule has 3 N–H and O–H groups in total. The van der Waals surface area contributed by atoms with Crippen LogP contribution < -0.4 is 11.3 Å². The van der Waals surface area contributed by atoms with E-state index in [1.54, 1.807) is 0 Å². The molecule has 19 heavy (non-hydrogen) atoms. The van der Waals surface area contributed by atoms with Gasteiger partial charge in [-0.05, 0) is 57.0 Å². The fourth-order valence-corrected chi connectivity index (χ4v) is 1.03. The number of hydrogen-bond acceptors (Lipinski definition) is 3. The third kappa shape index (κ3) is 10.1. The third-order valence-corrected chi connectivity index (χ3v) is 2.12. The van der Waals surface area contributed by atoms with Crippen molar-refractivity contribution in [1.82, 2.24) is 5.43 Å². The van der Waals surface area contributed by atoms with E-state index in [4.69, 9.17) is 17.4 Å². The van der Waals surface area contributed by atoms with Crippen LogP contribution in [0.1, 0.15) is 36.7 Å². The Morgan fingerprint density at radius 3 is 2.00 bits per heavy atom. The zero-order valence-electron chi connectivity index (χ0n) is 11.3. The van der Waals surface area contributed by atoms with Gasteiger partial charge in [0, 0.05) is 11.1 Å². The number of carbonyl (C=O) groups excluding carboxylic acids is 1. The topological polar surface area (TPSA) is 55.1 Å². The molecule has 0 atom stereocenters. The molecule has 112 valence electrons. The van der Waals surface area contributed by atoms with Crippen molar-refractivity contribution in [2.24, 2.45) is 5.84 Å². The van der Waals surface area contributed by atoms with E-state index in [9.17, 15) is 9.18 Å². The normalized spacial score (nSPS) is 9.42. The maximum Gasteiger partial charge on any atom is 0.252 e. The Kier molecular flexibility index (Phi) is 13.0. The summed E-state index contributed by atoms with van der Waals surface area (Å²) in [6.45, 7) is 7.54. The van der Waals surface area contributed by atoms with Crippen molar-refractivity contribution in [3.63, 3.8) is 0 Å². The van der Waals surface area contributed by atoms with Crippen LogP contribution in [0.4, 0.5) is 4.39 Å². The molecule has 1 rings (SSSR count). The lowest BCUT2D eigenvalue weighted by molar-refractivity contribution is 0.108. The quantitative estimate of drug-likeness (QED) is 0.469. The van der Waals surface area contributed by atoms with Crippen LogP contribution in [0, 0.1) is 12.7 Å². The number of benzene rings is 1. The van der Waals surface area contributed by atoms with Crippen LogP contribution in [0.15, 0.2) is 18.2 Å². The van der Waals surface area contributed by atoms with Crippen LogP contribution in [-0.4, -0.2) is 10.8 Å². The average Bonchev–Trinajstić information content (AvgIpc) is 2.21. The highest BCUT2D eigenvalue weighted by molar-refractivity contribution is 6.67. The lowest BCUT2D eigenvalue weighted by Crippen LogP contribution is -2.41. The summed E-state index contributed by atoms with van der Waals surface area (Å²) >= 11 is 5.17. The number of nitrogens with one attached hydrogen (secondary N) is 1. The molecule has 0 unspecified atom stereocenters. The SMILES string of the molecule is CC(C)(C)NN.Cc1c(F)cccc1C(=O)Cl.Cl.Cl. The number of nitrogens with two attached hydrogens (primary N) is 1. The fourth-order valence-electron chi connectivity index (χ4n) is 0.820. The molecule has 0 saturated carbocycles. The van der Waals surface area contributed by atoms with E-state index >= 15 is 0 Å². The highest BCUT2D eigenvalue weighted by Gasteiger charge is 2.07. The fraction of sp³-hybridized carbons (Fsp3) is 0.417. The molecule has 0 aliphatic rings. The lowest BCUT2D eigenvalue weighted by Gasteiger charge is -2.14. The average molecular weight is 334 g/mol. The molecule has 3 nitrogen and oxygen atoms in total. The number of hydrazine groups is 1. The van der Waals surface area contributed by atoms with Crippen LogP contribution in [0.5, 0.6) is 0 Å². The standard InChI is InChI=1S/C8H6ClFO.C4H12N2.2ClH/c1-5-6(8(9)11)3-2-4-7(5)10;1-4(2,3)6-5;;/h2-4H,1H3;6H,5H2,1-3H3;2*1H. The lowest BCUT2D eigenvalue weighted by atomic mass is 10.1. The molecule has 0 aliphatic carbocycles. The van der Waals surface area contributed by atoms with Crippen LogP contribution in [0.2, 0.25) is 0 Å². The van der Waals surface area contributed by atoms with Gasteiger partial charge in [0.15, 0.2) is 0 Å². The van der Waals surface area contributed by atoms with E-state index in [0.29, 0.717) is 5.56 Å². The molecular formula is C12H20Cl3FN2O. The highest BCUT2D eigenvalue weighted by Crippen LogP contribution is 2.13. The van der Waals surface area contributed by atoms with Gasteiger partial charge in [0.25, 0.3) is 5.24 Å². The van der Waals surface area contributed by atoms with Gasteiger partial charge >= 0.3 is 0 Å². The Hall–Kier alpha value is -0.390. The first kappa shape index (κ1) is 23.7. The van der Waals surface area contributed by atoms with Gasteiger partial charge in [-0.3, -0.25) is 16.1 Å². The van der Waals surface area contributed by atoms with Gasteiger partial charge in [-0.2, -0.15) is 0 Å². The molecule has 0 saturated heterocycles. The number of hydrogen-bond donors (Lipinski definition) is 2. The smallest absolute Gasteiger partial charge is 0.252 e. The van der Waals surface area contributed by atoms with Gasteiger partial charge in [0.05, 0.1) is 0 Å². The maximum absolute atomic E-state index is 12.7. The molecule has 0 radical (unpaired) electrons. The van der Waals surface area contributed by atoms with Crippen LogP contribution in [-0.2, 0) is 0 Å². The van der Waals surface area contributed by atoms with Crippen molar-refractivity contribution in [3.05, 3.63) is 35.1 Å². The Morgan fingerprint density at radius 1 is 1.32 bits per heavy atom. The Morgan fingerprint density at radius 2 is 1.74 bits per heavy atom. The molecule has 1 aromatic rings. The van der Waals surface area contributed by atoms with Gasteiger partial charge in [0.2, 0.25) is 0 Å². The zero-order chi connectivity index (χ0) is 13.6. The highest BCUT2D eigenvalue weighted by atomic mass is 35.5. The zero-order valence-corrected chi connectivity index (χ0v) is 13.7. The summed E-state index contributed by atoms with van der Waals surface area (Å²) in [6.07, 6.45) is 0. The first-order valence-electron chi connectivity index (χ1n) is 5.11.